The van der Waals surface area contributed by atoms with Crippen LogP contribution >= 0.6 is 0 Å². The van der Waals surface area contributed by atoms with Crippen molar-refractivity contribution in [3.05, 3.63) is 85.1 Å². The van der Waals surface area contributed by atoms with E-state index in [9.17, 15) is 35.1 Å². The van der Waals surface area contributed by atoms with Crippen LogP contribution in [0.1, 0.15) is 303 Å². The van der Waals surface area contributed by atoms with Crippen molar-refractivity contribution in [2.75, 3.05) is 13.2 Å². The first-order valence-corrected chi connectivity index (χ1v) is 34.9. The fourth-order valence-corrected chi connectivity index (χ4v) is 10.5. The third-order valence-electron chi connectivity index (χ3n) is 16.0. The molecule has 486 valence electrons. The zero-order valence-corrected chi connectivity index (χ0v) is 54.0. The fraction of sp³-hybridized carbons (Fsp3) is 0.781. The molecule has 8 atom stereocenters. The Bertz CT molecular complexity index is 1690. The molecule has 0 aromatic rings. The van der Waals surface area contributed by atoms with Gasteiger partial charge in [0, 0.05) is 6.42 Å². The Morgan fingerprint density at radius 2 is 0.821 bits per heavy atom. The lowest BCUT2D eigenvalue weighted by molar-refractivity contribution is -0.305. The van der Waals surface area contributed by atoms with Gasteiger partial charge in [0.05, 0.1) is 25.4 Å². The summed E-state index contributed by atoms with van der Waals surface area (Å²) < 4.78 is 17.7. The number of aliphatic hydroxyl groups is 5. The Morgan fingerprint density at radius 1 is 0.464 bits per heavy atom. The van der Waals surface area contributed by atoms with Gasteiger partial charge in [-0.1, -0.05) is 279 Å². The topological polar surface area (TPSA) is 175 Å². The van der Waals surface area contributed by atoms with Crippen molar-refractivity contribution in [1.82, 2.24) is 5.32 Å². The number of carbonyl (C=O) groups is 2. The molecule has 1 rings (SSSR count). The van der Waals surface area contributed by atoms with E-state index in [0.29, 0.717) is 12.8 Å². The Hall–Kier alpha value is -3.16. The molecule has 0 saturated carbocycles. The number of unbranched alkanes of at least 4 members (excludes halogenated alkanes) is 33. The van der Waals surface area contributed by atoms with Gasteiger partial charge in [-0.25, -0.2) is 0 Å². The van der Waals surface area contributed by atoms with Crippen molar-refractivity contribution in [2.45, 2.75) is 352 Å². The van der Waals surface area contributed by atoms with Gasteiger partial charge in [-0.05, 0) is 103 Å². The molecule has 0 aromatic carbocycles. The van der Waals surface area contributed by atoms with Gasteiger partial charge < -0.3 is 45.1 Å². The molecular weight excluding hydrogens is 1050 g/mol. The molecule has 1 amide bonds. The van der Waals surface area contributed by atoms with E-state index in [1.165, 1.54) is 161 Å². The third kappa shape index (κ3) is 47.0. The van der Waals surface area contributed by atoms with Crippen molar-refractivity contribution in [1.29, 1.82) is 0 Å². The van der Waals surface area contributed by atoms with E-state index < -0.39 is 67.4 Å². The smallest absolute Gasteiger partial charge is 0.306 e. The summed E-state index contributed by atoms with van der Waals surface area (Å²) in [6.07, 6.45) is 69.0. The summed E-state index contributed by atoms with van der Waals surface area (Å²) in [6, 6.07) is -1.03. The number of esters is 1. The molecule has 11 heteroatoms. The van der Waals surface area contributed by atoms with Gasteiger partial charge in [-0.15, -0.1) is 0 Å². The molecule has 0 radical (unpaired) electrons. The number of amides is 1. The lowest BCUT2D eigenvalue weighted by Gasteiger charge is -2.41. The largest absolute Gasteiger partial charge is 0.454 e. The van der Waals surface area contributed by atoms with Crippen LogP contribution in [0.2, 0.25) is 0 Å². The van der Waals surface area contributed by atoms with E-state index in [1.54, 1.807) is 6.08 Å². The third-order valence-corrected chi connectivity index (χ3v) is 16.0. The van der Waals surface area contributed by atoms with E-state index in [0.717, 1.165) is 96.3 Å². The number of aliphatic hydroxyl groups excluding tert-OH is 5. The monoisotopic (exact) mass is 1180 g/mol. The van der Waals surface area contributed by atoms with Crippen molar-refractivity contribution in [3.63, 3.8) is 0 Å². The molecule has 0 bridgehead atoms. The van der Waals surface area contributed by atoms with Crippen LogP contribution in [-0.4, -0.2) is 99.6 Å². The number of carbonyl (C=O) groups excluding carboxylic acids is 2. The van der Waals surface area contributed by atoms with E-state index >= 15 is 0 Å². The number of hydrogen-bond donors (Lipinski definition) is 6. The minimum Gasteiger partial charge on any atom is -0.454 e. The standard InChI is InChI=1S/C73H129NO10/c1-4-7-10-13-16-19-22-25-27-29-31-33-35-36-38-40-42-45-48-51-54-57-60-66(77)72(81)74-64(65(76)59-56-53-50-47-44-24-21-18-15-12-9-6-3)63-82-73-71(70(80)69(79)67(62-75)83-73)84-68(78)61-58-55-52-49-46-43-41-39-37-34-32-30-28-26-23-20-17-14-11-8-5-2/h16-17,19-20,25-28,32,34,39,41,56,59,64-67,69-71,73,75-77,79-80H,4-15,18,21-24,29-31,33,35-38,40,42-55,57-58,60-63H2,1-3H3,(H,74,81)/b19-16-,20-17-,27-25-,28-26-,34-32-,41-39-,59-56+. The number of ether oxygens (including phenoxy) is 3. The molecule has 1 fully saturated rings. The van der Waals surface area contributed by atoms with Crippen LogP contribution < -0.4 is 5.32 Å². The first-order chi connectivity index (χ1) is 41.2. The summed E-state index contributed by atoms with van der Waals surface area (Å²) in [5.74, 6) is -1.21. The highest BCUT2D eigenvalue weighted by Gasteiger charge is 2.47. The molecule has 84 heavy (non-hydrogen) atoms. The molecule has 1 heterocycles. The average molecular weight is 1180 g/mol. The van der Waals surface area contributed by atoms with Gasteiger partial charge in [-0.3, -0.25) is 9.59 Å². The second kappa shape index (κ2) is 60.1. The van der Waals surface area contributed by atoms with Crippen LogP contribution in [0.4, 0.5) is 0 Å². The zero-order valence-electron chi connectivity index (χ0n) is 54.0. The maximum absolute atomic E-state index is 13.5. The van der Waals surface area contributed by atoms with E-state index in [1.807, 2.05) is 6.08 Å². The van der Waals surface area contributed by atoms with Crippen molar-refractivity contribution >= 4 is 11.9 Å². The first kappa shape index (κ1) is 78.9. The first-order valence-electron chi connectivity index (χ1n) is 34.9. The molecule has 0 aliphatic carbocycles. The molecule has 0 spiro atoms. The van der Waals surface area contributed by atoms with Crippen LogP contribution in [0.5, 0.6) is 0 Å². The van der Waals surface area contributed by atoms with Gasteiger partial charge in [0.1, 0.15) is 24.4 Å². The summed E-state index contributed by atoms with van der Waals surface area (Å²) in [5, 5.41) is 57.2. The minimum atomic E-state index is -1.63. The summed E-state index contributed by atoms with van der Waals surface area (Å²) in [7, 11) is 0. The van der Waals surface area contributed by atoms with Crippen LogP contribution in [-0.2, 0) is 23.8 Å². The van der Waals surface area contributed by atoms with Gasteiger partial charge in [0.15, 0.2) is 12.4 Å². The second-order valence-corrected chi connectivity index (χ2v) is 23.9. The maximum atomic E-state index is 13.5. The quantitative estimate of drug-likeness (QED) is 0.0195. The molecule has 8 unspecified atom stereocenters. The van der Waals surface area contributed by atoms with E-state index in [-0.39, 0.29) is 19.4 Å². The minimum absolute atomic E-state index is 0.1000. The van der Waals surface area contributed by atoms with E-state index in [4.69, 9.17) is 14.2 Å². The Labute approximate surface area is 514 Å². The molecular formula is C73H129NO10. The summed E-state index contributed by atoms with van der Waals surface area (Å²) in [6.45, 7) is 5.75. The Morgan fingerprint density at radius 3 is 1.25 bits per heavy atom. The van der Waals surface area contributed by atoms with Crippen molar-refractivity contribution in [2.24, 2.45) is 0 Å². The number of allylic oxidation sites excluding steroid dienone is 13. The van der Waals surface area contributed by atoms with Crippen molar-refractivity contribution < 1.29 is 49.3 Å². The summed E-state index contributed by atoms with van der Waals surface area (Å²) in [4.78, 5) is 26.7. The van der Waals surface area contributed by atoms with Crippen LogP contribution in [0.25, 0.3) is 0 Å². The van der Waals surface area contributed by atoms with Crippen LogP contribution in [0.15, 0.2) is 85.1 Å². The molecule has 11 nitrogen and oxygen atoms in total. The van der Waals surface area contributed by atoms with E-state index in [2.05, 4.69) is 99.0 Å². The molecule has 0 aromatic heterocycles. The molecule has 1 aliphatic heterocycles. The highest BCUT2D eigenvalue weighted by molar-refractivity contribution is 5.80. The normalized spacial score (nSPS) is 19.0. The maximum Gasteiger partial charge on any atom is 0.306 e. The Balaban J connectivity index is 2.61. The highest BCUT2D eigenvalue weighted by atomic mass is 16.7. The molecule has 6 N–H and O–H groups in total. The predicted molar refractivity (Wildman–Crippen MR) is 352 cm³/mol. The van der Waals surface area contributed by atoms with Gasteiger partial charge in [0.25, 0.3) is 0 Å². The number of hydrogen-bond acceptors (Lipinski definition) is 10. The van der Waals surface area contributed by atoms with Crippen LogP contribution in [0.3, 0.4) is 0 Å². The number of nitrogens with one attached hydrogen (secondary N) is 1. The Kier molecular flexibility index (Phi) is 56.5. The van der Waals surface area contributed by atoms with Crippen molar-refractivity contribution in [3.8, 4) is 0 Å². The van der Waals surface area contributed by atoms with Gasteiger partial charge in [0.2, 0.25) is 5.91 Å². The molecule has 1 saturated heterocycles. The summed E-state index contributed by atoms with van der Waals surface area (Å²) in [5.41, 5.74) is 0. The fourth-order valence-electron chi connectivity index (χ4n) is 10.5. The summed E-state index contributed by atoms with van der Waals surface area (Å²) >= 11 is 0. The van der Waals surface area contributed by atoms with Crippen LogP contribution in [0, 0.1) is 0 Å². The second-order valence-electron chi connectivity index (χ2n) is 23.9. The lowest BCUT2D eigenvalue weighted by Crippen LogP contribution is -2.61. The lowest BCUT2D eigenvalue weighted by atomic mass is 9.99. The van der Waals surface area contributed by atoms with Gasteiger partial charge >= 0.3 is 5.97 Å². The number of rotatable bonds is 59. The predicted octanol–water partition coefficient (Wildman–Crippen LogP) is 17.7. The SMILES string of the molecule is CCCCC/C=C\C/C=C\C/C=C\C/C=C\CCCCCCCC(=O)OC1C(OCC(NC(=O)C(O)CCCCCCCCCCCCCC/C=C\C/C=C\CCCCC)C(O)/C=C/CCCCCCCCCCCC)OC(CO)C(O)C1O. The zero-order chi connectivity index (χ0) is 61.0. The highest BCUT2D eigenvalue weighted by Crippen LogP contribution is 2.26. The van der Waals surface area contributed by atoms with Gasteiger partial charge in [-0.2, -0.15) is 0 Å². The molecule has 1 aliphatic rings. The average Bonchev–Trinajstić information content (AvgIpc) is 3.69.